The van der Waals surface area contributed by atoms with Gasteiger partial charge >= 0.3 is 0 Å². The molecule has 0 fully saturated rings. The van der Waals surface area contributed by atoms with E-state index in [0.717, 1.165) is 6.26 Å². The summed E-state index contributed by atoms with van der Waals surface area (Å²) in [7, 11) is -5.20. The molecule has 6 nitrogen and oxygen atoms in total. The van der Waals surface area contributed by atoms with Crippen LogP contribution in [0.2, 0.25) is 19.6 Å². The molecule has 1 aromatic rings. The van der Waals surface area contributed by atoms with Gasteiger partial charge in [-0.25, -0.2) is 4.98 Å². The van der Waals surface area contributed by atoms with E-state index in [1.807, 2.05) is 0 Å². The molecule has 22 heavy (non-hydrogen) atoms. The lowest BCUT2D eigenvalue weighted by molar-refractivity contribution is -0.121. The Balaban J connectivity index is 2.82. The van der Waals surface area contributed by atoms with Crippen LogP contribution in [0.4, 0.5) is 5.82 Å². The van der Waals surface area contributed by atoms with Gasteiger partial charge in [0.25, 0.3) is 16.0 Å². The van der Waals surface area contributed by atoms with Crippen LogP contribution in [-0.4, -0.2) is 39.7 Å². The fraction of sp³-hybridized carbons (Fsp3) is 0.429. The molecule has 1 rings (SSSR count). The van der Waals surface area contributed by atoms with Crippen molar-refractivity contribution in [2.45, 2.75) is 32.7 Å². The zero-order valence-electron chi connectivity index (χ0n) is 13.3. The summed E-state index contributed by atoms with van der Waals surface area (Å²) in [6.45, 7) is 7.72. The molecule has 0 unspecified atom stereocenters. The predicted octanol–water partition coefficient (Wildman–Crippen LogP) is 1.61. The van der Waals surface area contributed by atoms with Crippen LogP contribution in [0.5, 0.6) is 0 Å². The monoisotopic (exact) mass is 340 g/mol. The molecule has 1 amide bonds. The number of pyridine rings is 1. The van der Waals surface area contributed by atoms with Gasteiger partial charge in [-0.15, -0.1) is 5.54 Å². The molecule has 0 aliphatic carbocycles. The van der Waals surface area contributed by atoms with Gasteiger partial charge in [0.15, 0.2) is 6.10 Å². The lowest BCUT2D eigenvalue weighted by atomic mass is 10.3. The highest BCUT2D eigenvalue weighted by Crippen LogP contribution is 2.07. The molecular formula is C14H20N2O4SSi. The summed E-state index contributed by atoms with van der Waals surface area (Å²) in [6, 6.07) is 5.07. The quantitative estimate of drug-likeness (QED) is 0.511. The zero-order chi connectivity index (χ0) is 17.0. The van der Waals surface area contributed by atoms with Crippen molar-refractivity contribution in [2.24, 2.45) is 0 Å². The summed E-state index contributed by atoms with van der Waals surface area (Å²) in [5, 5.41) is 2.51. The highest BCUT2D eigenvalue weighted by atomic mass is 32.2. The summed E-state index contributed by atoms with van der Waals surface area (Å²) >= 11 is 0. The van der Waals surface area contributed by atoms with Gasteiger partial charge in [-0.3, -0.25) is 8.98 Å². The second kappa shape index (κ2) is 7.04. The molecule has 0 saturated heterocycles. The number of nitrogens with one attached hydrogen (secondary N) is 1. The average molecular weight is 340 g/mol. The van der Waals surface area contributed by atoms with Crippen LogP contribution in [0.25, 0.3) is 0 Å². The number of amides is 1. The first kappa shape index (κ1) is 18.4. The lowest BCUT2D eigenvalue weighted by Crippen LogP contribution is -2.30. The van der Waals surface area contributed by atoms with Crippen LogP contribution in [0, 0.1) is 11.5 Å². The molecule has 0 aliphatic heterocycles. The van der Waals surface area contributed by atoms with E-state index in [1.54, 1.807) is 18.2 Å². The van der Waals surface area contributed by atoms with E-state index in [2.05, 4.69) is 45.6 Å². The second-order valence-corrected chi connectivity index (χ2v) is 12.2. The summed E-state index contributed by atoms with van der Waals surface area (Å²) < 4.78 is 26.6. The van der Waals surface area contributed by atoms with Crippen LogP contribution in [0.1, 0.15) is 12.6 Å². The zero-order valence-corrected chi connectivity index (χ0v) is 15.1. The van der Waals surface area contributed by atoms with Crippen molar-refractivity contribution in [1.82, 2.24) is 4.98 Å². The Hall–Kier alpha value is -1.69. The van der Waals surface area contributed by atoms with Gasteiger partial charge in [0.2, 0.25) is 0 Å². The molecule has 0 radical (unpaired) electrons. The standard InChI is InChI=1S/C14H20N2O4SSi/c1-11(20-21(2,18)19)14(17)16-13-8-6-7-12(15-13)9-10-22(3,4)5/h6-8,11H,1-5H3,(H,15,16,17)/t11-/m0/s1. The highest BCUT2D eigenvalue weighted by molar-refractivity contribution is 7.86. The predicted molar refractivity (Wildman–Crippen MR) is 88.5 cm³/mol. The lowest BCUT2D eigenvalue weighted by Gasteiger charge is -2.11. The van der Waals surface area contributed by atoms with E-state index >= 15 is 0 Å². The first-order valence-electron chi connectivity index (χ1n) is 6.66. The number of carbonyl (C=O) groups is 1. The number of aromatic nitrogens is 1. The van der Waals surface area contributed by atoms with E-state index in [9.17, 15) is 13.2 Å². The summed E-state index contributed by atoms with van der Waals surface area (Å²) in [5.41, 5.74) is 3.73. The maximum atomic E-state index is 11.8. The van der Waals surface area contributed by atoms with Crippen LogP contribution in [-0.2, 0) is 19.1 Å². The minimum Gasteiger partial charge on any atom is -0.308 e. The summed E-state index contributed by atoms with van der Waals surface area (Å²) in [6.07, 6.45) is -0.240. The van der Waals surface area contributed by atoms with Gasteiger partial charge in [-0.1, -0.05) is 31.6 Å². The van der Waals surface area contributed by atoms with Crippen molar-refractivity contribution >= 4 is 29.9 Å². The minimum atomic E-state index is -3.69. The highest BCUT2D eigenvalue weighted by Gasteiger charge is 2.19. The second-order valence-electron chi connectivity index (χ2n) is 5.84. The Labute approximate surface area is 132 Å². The van der Waals surface area contributed by atoms with Crippen molar-refractivity contribution in [3.05, 3.63) is 23.9 Å². The third kappa shape index (κ3) is 7.35. The maximum Gasteiger partial charge on any atom is 0.265 e. The van der Waals surface area contributed by atoms with Crippen molar-refractivity contribution < 1.29 is 17.4 Å². The van der Waals surface area contributed by atoms with Gasteiger partial charge in [0, 0.05) is 0 Å². The van der Waals surface area contributed by atoms with Crippen LogP contribution < -0.4 is 5.32 Å². The third-order valence-corrected chi connectivity index (χ3v) is 3.77. The molecule has 0 aromatic carbocycles. The van der Waals surface area contributed by atoms with Gasteiger partial charge in [-0.2, -0.15) is 8.42 Å². The Bertz CT molecular complexity index is 714. The first-order valence-corrected chi connectivity index (χ1v) is 12.0. The molecule has 0 spiro atoms. The van der Waals surface area contributed by atoms with Crippen LogP contribution >= 0.6 is 0 Å². The van der Waals surface area contributed by atoms with Crippen molar-refractivity contribution in [2.75, 3.05) is 11.6 Å². The topological polar surface area (TPSA) is 85.4 Å². The fourth-order valence-corrected chi connectivity index (χ4v) is 2.47. The number of hydrogen-bond acceptors (Lipinski definition) is 5. The number of carbonyl (C=O) groups excluding carboxylic acids is 1. The smallest absolute Gasteiger partial charge is 0.265 e. The molecule has 0 aliphatic rings. The largest absolute Gasteiger partial charge is 0.308 e. The first-order chi connectivity index (χ1) is 9.96. The summed E-state index contributed by atoms with van der Waals surface area (Å²) in [5.74, 6) is 2.70. The maximum absolute atomic E-state index is 11.8. The summed E-state index contributed by atoms with van der Waals surface area (Å²) in [4.78, 5) is 16.1. The molecule has 8 heteroatoms. The van der Waals surface area contributed by atoms with Gasteiger partial charge in [0.1, 0.15) is 19.6 Å². The number of nitrogens with zero attached hydrogens (tertiary/aromatic N) is 1. The Morgan fingerprint density at radius 3 is 2.55 bits per heavy atom. The van der Waals surface area contributed by atoms with E-state index in [0.29, 0.717) is 11.5 Å². The number of hydrogen-bond donors (Lipinski definition) is 1. The Morgan fingerprint density at radius 2 is 2.00 bits per heavy atom. The van der Waals surface area contributed by atoms with E-state index in [4.69, 9.17) is 0 Å². The Morgan fingerprint density at radius 1 is 1.36 bits per heavy atom. The molecule has 1 heterocycles. The van der Waals surface area contributed by atoms with Crippen LogP contribution in [0.3, 0.4) is 0 Å². The van der Waals surface area contributed by atoms with E-state index in [-0.39, 0.29) is 0 Å². The number of anilines is 1. The molecule has 1 aromatic heterocycles. The van der Waals surface area contributed by atoms with Gasteiger partial charge in [-0.05, 0) is 19.1 Å². The fourth-order valence-electron chi connectivity index (χ4n) is 1.36. The third-order valence-electron chi connectivity index (χ3n) is 2.25. The van der Waals surface area contributed by atoms with Crippen molar-refractivity contribution in [3.8, 4) is 11.5 Å². The van der Waals surface area contributed by atoms with Gasteiger partial charge in [0.05, 0.1) is 6.26 Å². The van der Waals surface area contributed by atoms with Crippen molar-refractivity contribution in [3.63, 3.8) is 0 Å². The molecular weight excluding hydrogens is 320 g/mol. The molecule has 0 saturated carbocycles. The average Bonchev–Trinajstić information content (AvgIpc) is 2.34. The number of rotatable bonds is 4. The van der Waals surface area contributed by atoms with E-state index in [1.165, 1.54) is 6.92 Å². The minimum absolute atomic E-state index is 0.302. The molecule has 1 N–H and O–H groups in total. The van der Waals surface area contributed by atoms with Crippen molar-refractivity contribution in [1.29, 1.82) is 0 Å². The van der Waals surface area contributed by atoms with Gasteiger partial charge < -0.3 is 5.32 Å². The Kier molecular flexibility index (Phi) is 5.88. The molecule has 1 atom stereocenters. The normalized spacial score (nSPS) is 13.0. The van der Waals surface area contributed by atoms with Crippen LogP contribution in [0.15, 0.2) is 18.2 Å². The molecule has 0 bridgehead atoms. The molecule has 120 valence electrons. The SMILES string of the molecule is C[C@H](OS(C)(=O)=O)C(=O)Nc1cccc(C#C[Si](C)(C)C)n1. The van der Waals surface area contributed by atoms with E-state index < -0.39 is 30.2 Å².